The number of carboxylic acid groups (broad SMARTS) is 1. The van der Waals surface area contributed by atoms with Gasteiger partial charge in [0.2, 0.25) is 0 Å². The Balaban J connectivity index is 1.44. The first-order valence-corrected chi connectivity index (χ1v) is 11.6. The van der Waals surface area contributed by atoms with E-state index in [0.717, 1.165) is 0 Å². The monoisotopic (exact) mass is 508 g/mol. The quantitative estimate of drug-likeness (QED) is 0.239. The number of aromatic hydroxyl groups is 1. The van der Waals surface area contributed by atoms with Crippen LogP contribution >= 0.6 is 0 Å². The number of rotatable bonds is 7. The third-order valence-corrected chi connectivity index (χ3v) is 6.57. The first kappa shape index (κ1) is 26.0. The lowest BCUT2D eigenvalue weighted by Gasteiger charge is -2.44. The van der Waals surface area contributed by atoms with E-state index in [1.165, 1.54) is 18.4 Å². The molecule has 8 atom stereocenters. The number of ketones is 1. The molecule has 5 N–H and O–H groups in total. The number of carbonyl (C=O) groups excluding carboxylic acids is 2. The van der Waals surface area contributed by atoms with Gasteiger partial charge in [0.15, 0.2) is 12.1 Å². The minimum Gasteiger partial charge on any atom is -0.508 e. The summed E-state index contributed by atoms with van der Waals surface area (Å²) in [6.45, 7) is -0.568. The van der Waals surface area contributed by atoms with Crippen LogP contribution in [0.2, 0.25) is 0 Å². The van der Waals surface area contributed by atoms with E-state index in [0.29, 0.717) is 30.4 Å². The van der Waals surface area contributed by atoms with Gasteiger partial charge < -0.3 is 44.5 Å². The van der Waals surface area contributed by atoms with Crippen molar-refractivity contribution < 1.29 is 58.9 Å². The van der Waals surface area contributed by atoms with Crippen LogP contribution in [0.4, 0.5) is 0 Å². The number of Topliss-reactive ketones (excluding diaryl/α,β-unsaturated/α-hetero) is 1. The molecule has 0 bridgehead atoms. The number of phenolic OH excluding ortho intramolecular Hbond substituents is 1. The Kier molecular flexibility index (Phi) is 7.91. The van der Waals surface area contributed by atoms with Gasteiger partial charge in [-0.15, -0.1) is 0 Å². The van der Waals surface area contributed by atoms with E-state index in [2.05, 4.69) is 0 Å². The Morgan fingerprint density at radius 3 is 2.44 bits per heavy atom. The number of aliphatic carboxylic acids is 1. The molecule has 4 rings (SSSR count). The Morgan fingerprint density at radius 2 is 1.75 bits per heavy atom. The molecule has 0 amide bonds. The first-order chi connectivity index (χ1) is 17.2. The van der Waals surface area contributed by atoms with Crippen molar-refractivity contribution in [2.75, 3.05) is 6.61 Å². The van der Waals surface area contributed by atoms with Gasteiger partial charge in [-0.3, -0.25) is 14.4 Å². The largest absolute Gasteiger partial charge is 0.508 e. The molecule has 1 aliphatic carbocycles. The third-order valence-electron chi connectivity index (χ3n) is 6.57. The fraction of sp³-hybridized carbons (Fsp3) is 0.542. The number of allylic oxidation sites excluding steroid dienone is 1. The molecular formula is C24H28O12. The van der Waals surface area contributed by atoms with Crippen LogP contribution in [-0.4, -0.2) is 92.8 Å². The highest BCUT2D eigenvalue weighted by Gasteiger charge is 2.49. The van der Waals surface area contributed by atoms with Crippen molar-refractivity contribution in [2.45, 2.75) is 68.6 Å². The summed E-state index contributed by atoms with van der Waals surface area (Å²) in [5.74, 6) is -3.05. The second-order valence-corrected chi connectivity index (χ2v) is 9.02. The summed E-state index contributed by atoms with van der Waals surface area (Å²) >= 11 is 0. The molecule has 3 unspecified atom stereocenters. The standard InChI is InChI=1S/C24H28O12/c25-12-6-4-11(5-7-12)14-9-34-23-13(19(14)29)2-1-3-15(23)35-24-22(32)21(31)20(30)16(36-24)10-33-18(28)8-17(26)27/h4-7,9,13,15-16,20-25,30-32H,1-3,8,10H2,(H,26,27)/t13?,15?,16-,20-,21+,22-,23?,24-/m1/s1. The van der Waals surface area contributed by atoms with E-state index in [-0.39, 0.29) is 11.5 Å². The normalized spacial score (nSPS) is 34.2. The van der Waals surface area contributed by atoms with E-state index in [1.54, 1.807) is 12.1 Å². The molecule has 2 aliphatic heterocycles. The molecular weight excluding hydrogens is 480 g/mol. The molecule has 1 aromatic rings. The topological polar surface area (TPSA) is 189 Å². The molecule has 12 nitrogen and oxygen atoms in total. The Morgan fingerprint density at radius 1 is 1.03 bits per heavy atom. The smallest absolute Gasteiger partial charge is 0.317 e. The fourth-order valence-electron chi connectivity index (χ4n) is 4.68. The zero-order valence-corrected chi connectivity index (χ0v) is 19.1. The number of fused-ring (bicyclic) bond motifs is 1. The van der Waals surface area contributed by atoms with Crippen LogP contribution in [0.25, 0.3) is 5.57 Å². The van der Waals surface area contributed by atoms with Crippen LogP contribution in [0.5, 0.6) is 5.75 Å². The summed E-state index contributed by atoms with van der Waals surface area (Å²) in [4.78, 5) is 35.4. The Hall–Kier alpha value is -3.03. The van der Waals surface area contributed by atoms with Gasteiger partial charge in [0.05, 0.1) is 23.9 Å². The molecule has 0 aromatic heterocycles. The van der Waals surface area contributed by atoms with E-state index < -0.39 is 73.8 Å². The average Bonchev–Trinajstić information content (AvgIpc) is 2.84. The average molecular weight is 508 g/mol. The zero-order valence-electron chi connectivity index (χ0n) is 19.1. The number of aliphatic hydroxyl groups is 3. The molecule has 196 valence electrons. The van der Waals surface area contributed by atoms with Crippen molar-refractivity contribution >= 4 is 23.3 Å². The summed E-state index contributed by atoms with van der Waals surface area (Å²) in [7, 11) is 0. The van der Waals surface area contributed by atoms with Crippen molar-refractivity contribution in [1.82, 2.24) is 0 Å². The maximum absolute atomic E-state index is 13.2. The predicted octanol–water partition coefficient (Wildman–Crippen LogP) is -0.288. The van der Waals surface area contributed by atoms with Gasteiger partial charge in [0, 0.05) is 0 Å². The number of hydrogen-bond acceptors (Lipinski definition) is 11. The number of ether oxygens (including phenoxy) is 4. The van der Waals surface area contributed by atoms with Gasteiger partial charge in [0.25, 0.3) is 0 Å². The van der Waals surface area contributed by atoms with Gasteiger partial charge in [-0.05, 0) is 37.0 Å². The Bertz CT molecular complexity index is 1000. The van der Waals surface area contributed by atoms with Gasteiger partial charge in [-0.25, -0.2) is 0 Å². The highest BCUT2D eigenvalue weighted by molar-refractivity contribution is 6.22. The Labute approximate surface area is 205 Å². The van der Waals surface area contributed by atoms with Crippen LogP contribution in [0, 0.1) is 5.92 Å². The molecule has 3 aliphatic rings. The van der Waals surface area contributed by atoms with Crippen LogP contribution in [0.1, 0.15) is 31.2 Å². The number of phenols is 1. The molecule has 12 heteroatoms. The van der Waals surface area contributed by atoms with Gasteiger partial charge in [-0.2, -0.15) is 0 Å². The summed E-state index contributed by atoms with van der Waals surface area (Å²) < 4.78 is 22.2. The number of esters is 1. The van der Waals surface area contributed by atoms with Gasteiger partial charge >= 0.3 is 11.9 Å². The summed E-state index contributed by atoms with van der Waals surface area (Å²) in [5.41, 5.74) is 0.968. The lowest BCUT2D eigenvalue weighted by molar-refractivity contribution is -0.320. The van der Waals surface area contributed by atoms with E-state index >= 15 is 0 Å². The highest BCUT2D eigenvalue weighted by atomic mass is 16.7. The van der Waals surface area contributed by atoms with E-state index in [4.69, 9.17) is 24.1 Å². The van der Waals surface area contributed by atoms with Crippen molar-refractivity contribution in [3.05, 3.63) is 36.1 Å². The molecule has 1 saturated carbocycles. The van der Waals surface area contributed by atoms with Gasteiger partial charge in [-0.1, -0.05) is 12.1 Å². The van der Waals surface area contributed by atoms with Crippen molar-refractivity contribution in [2.24, 2.45) is 5.92 Å². The summed E-state index contributed by atoms with van der Waals surface area (Å²) in [6, 6.07) is 6.17. The maximum Gasteiger partial charge on any atom is 0.317 e. The minimum atomic E-state index is -1.69. The maximum atomic E-state index is 13.2. The molecule has 1 aromatic carbocycles. The number of aliphatic hydroxyl groups excluding tert-OH is 3. The van der Waals surface area contributed by atoms with Crippen molar-refractivity contribution in [3.63, 3.8) is 0 Å². The molecule has 1 saturated heterocycles. The minimum absolute atomic E-state index is 0.0702. The van der Waals surface area contributed by atoms with E-state index in [1.807, 2.05) is 0 Å². The van der Waals surface area contributed by atoms with Crippen LogP contribution in [0.15, 0.2) is 30.5 Å². The molecule has 2 fully saturated rings. The molecule has 0 spiro atoms. The zero-order chi connectivity index (χ0) is 26.0. The summed E-state index contributed by atoms with van der Waals surface area (Å²) in [5, 5.41) is 49.1. The molecule has 2 heterocycles. The number of hydrogen-bond donors (Lipinski definition) is 5. The summed E-state index contributed by atoms with van der Waals surface area (Å²) in [6.07, 6.45) is -6.96. The number of carbonyl (C=O) groups is 3. The fourth-order valence-corrected chi connectivity index (χ4v) is 4.68. The first-order valence-electron chi connectivity index (χ1n) is 11.6. The van der Waals surface area contributed by atoms with Crippen LogP contribution < -0.4 is 0 Å². The second-order valence-electron chi connectivity index (χ2n) is 9.02. The van der Waals surface area contributed by atoms with Crippen LogP contribution in [-0.2, 0) is 33.3 Å². The number of benzene rings is 1. The predicted molar refractivity (Wildman–Crippen MR) is 118 cm³/mol. The molecule has 0 radical (unpaired) electrons. The lowest BCUT2D eigenvalue weighted by Crippen LogP contribution is -2.61. The third kappa shape index (κ3) is 5.52. The molecule has 36 heavy (non-hydrogen) atoms. The SMILES string of the molecule is O=C(O)CC(=O)OC[C@H]1O[C@@H](OC2CCCC3C(=O)C(c4ccc(O)cc4)=COC23)[C@H](O)[C@@H](O)[C@@H]1O. The van der Waals surface area contributed by atoms with Crippen LogP contribution in [0.3, 0.4) is 0 Å². The van der Waals surface area contributed by atoms with Crippen molar-refractivity contribution in [3.8, 4) is 5.75 Å². The lowest BCUT2D eigenvalue weighted by atomic mass is 9.77. The van der Waals surface area contributed by atoms with Crippen molar-refractivity contribution in [1.29, 1.82) is 0 Å². The van der Waals surface area contributed by atoms with Gasteiger partial charge in [0.1, 0.15) is 49.3 Å². The highest BCUT2D eigenvalue weighted by Crippen LogP contribution is 2.39. The second kappa shape index (κ2) is 10.9. The van der Waals surface area contributed by atoms with E-state index in [9.17, 15) is 34.8 Å². The number of carboxylic acids is 1.